The van der Waals surface area contributed by atoms with Crippen LogP contribution in [-0.4, -0.2) is 12.3 Å². The van der Waals surface area contributed by atoms with E-state index in [1.54, 1.807) is 6.07 Å². The van der Waals surface area contributed by atoms with Crippen LogP contribution in [0.25, 0.3) is 0 Å². The Morgan fingerprint density at radius 1 is 1.35 bits per heavy atom. The van der Waals surface area contributed by atoms with Crippen molar-refractivity contribution in [1.82, 2.24) is 0 Å². The van der Waals surface area contributed by atoms with Gasteiger partial charge in [-0.25, -0.2) is 4.39 Å². The van der Waals surface area contributed by atoms with Crippen molar-refractivity contribution in [1.29, 1.82) is 0 Å². The third-order valence-electron chi connectivity index (χ3n) is 3.49. The first kappa shape index (κ1) is 17.1. The monoisotopic (exact) mass is 299 g/mol. The number of hydrogen-bond donors (Lipinski definition) is 1. The summed E-state index contributed by atoms with van der Waals surface area (Å²) in [5.41, 5.74) is 6.36. The van der Waals surface area contributed by atoms with Gasteiger partial charge in [-0.2, -0.15) is 0 Å². The van der Waals surface area contributed by atoms with Gasteiger partial charge in [0.15, 0.2) is 0 Å². The Balaban J connectivity index is 2.44. The van der Waals surface area contributed by atoms with Crippen LogP contribution < -0.4 is 5.73 Å². The highest BCUT2D eigenvalue weighted by molar-refractivity contribution is 6.30. The molecule has 0 amide bonds. The minimum Gasteiger partial charge on any atom is -0.330 e. The predicted octanol–water partition coefficient (Wildman–Crippen LogP) is 4.14. The van der Waals surface area contributed by atoms with Crippen molar-refractivity contribution in [3.8, 4) is 0 Å². The second-order valence-corrected chi connectivity index (χ2v) is 5.64. The van der Waals surface area contributed by atoms with Crippen LogP contribution in [0, 0.1) is 11.7 Å². The van der Waals surface area contributed by atoms with Crippen LogP contribution in [0.1, 0.15) is 44.6 Å². The normalized spacial score (nSPS) is 12.4. The van der Waals surface area contributed by atoms with Crippen LogP contribution in [0.5, 0.6) is 0 Å². The van der Waals surface area contributed by atoms with Gasteiger partial charge in [-0.3, -0.25) is 4.79 Å². The van der Waals surface area contributed by atoms with Crippen molar-refractivity contribution in [2.24, 2.45) is 11.7 Å². The van der Waals surface area contributed by atoms with Gasteiger partial charge in [-0.05, 0) is 43.0 Å². The Morgan fingerprint density at radius 2 is 2.10 bits per heavy atom. The zero-order chi connectivity index (χ0) is 15.0. The largest absolute Gasteiger partial charge is 0.330 e. The molecule has 2 nitrogen and oxygen atoms in total. The molecule has 0 spiro atoms. The molecule has 0 aromatic heterocycles. The number of hydrogen-bond acceptors (Lipinski definition) is 2. The Labute approximate surface area is 125 Å². The minimum absolute atomic E-state index is 0.0716. The molecule has 4 heteroatoms. The molecule has 0 aliphatic rings. The highest BCUT2D eigenvalue weighted by Gasteiger charge is 2.11. The Hall–Kier alpha value is -0.930. The maximum Gasteiger partial charge on any atom is 0.141 e. The second-order valence-electron chi connectivity index (χ2n) is 5.23. The first-order valence-corrected chi connectivity index (χ1v) is 7.60. The average Bonchev–Trinajstić information content (AvgIpc) is 2.41. The molecule has 0 saturated heterocycles. The van der Waals surface area contributed by atoms with Gasteiger partial charge >= 0.3 is 0 Å². The highest BCUT2D eigenvalue weighted by atomic mass is 35.5. The van der Waals surface area contributed by atoms with Gasteiger partial charge in [0.05, 0.1) is 5.02 Å². The van der Waals surface area contributed by atoms with Crippen molar-refractivity contribution >= 4 is 17.4 Å². The fourth-order valence-corrected chi connectivity index (χ4v) is 2.61. The number of rotatable bonds is 9. The van der Waals surface area contributed by atoms with Gasteiger partial charge in [0, 0.05) is 12.8 Å². The lowest BCUT2D eigenvalue weighted by atomic mass is 9.92. The van der Waals surface area contributed by atoms with Crippen LogP contribution in [0.4, 0.5) is 4.39 Å². The number of ketones is 1. The Kier molecular flexibility index (Phi) is 7.78. The standard InChI is InChI=1S/C16H23ClFNO/c1-2-3-12(8-9-19)4-6-14(20)10-13-5-7-16(18)15(17)11-13/h5,7,11-12H,2-4,6,8-10,19H2,1H3. The lowest BCUT2D eigenvalue weighted by Crippen LogP contribution is -2.11. The molecule has 0 bridgehead atoms. The topological polar surface area (TPSA) is 43.1 Å². The van der Waals surface area contributed by atoms with Crippen molar-refractivity contribution in [3.63, 3.8) is 0 Å². The van der Waals surface area contributed by atoms with Crippen LogP contribution in [0.2, 0.25) is 5.02 Å². The molecule has 0 heterocycles. The van der Waals surface area contributed by atoms with Gasteiger partial charge in [0.2, 0.25) is 0 Å². The quantitative estimate of drug-likeness (QED) is 0.745. The summed E-state index contributed by atoms with van der Waals surface area (Å²) in [6.45, 7) is 2.82. The zero-order valence-electron chi connectivity index (χ0n) is 12.0. The Bertz CT molecular complexity index is 430. The first-order chi connectivity index (χ1) is 9.56. The molecule has 112 valence electrons. The van der Waals surface area contributed by atoms with E-state index in [1.165, 1.54) is 12.1 Å². The van der Waals surface area contributed by atoms with Crippen LogP contribution in [0.3, 0.4) is 0 Å². The first-order valence-electron chi connectivity index (χ1n) is 7.22. The molecule has 0 fully saturated rings. The third kappa shape index (κ3) is 6.02. The van der Waals surface area contributed by atoms with E-state index < -0.39 is 5.82 Å². The predicted molar refractivity (Wildman–Crippen MR) is 81.4 cm³/mol. The summed E-state index contributed by atoms with van der Waals surface area (Å²) in [5.74, 6) is 0.255. The van der Waals surface area contributed by atoms with Gasteiger partial charge in [0.25, 0.3) is 0 Å². The van der Waals surface area contributed by atoms with E-state index in [9.17, 15) is 9.18 Å². The molecule has 1 rings (SSSR count). The summed E-state index contributed by atoms with van der Waals surface area (Å²) >= 11 is 5.71. The van der Waals surface area contributed by atoms with E-state index >= 15 is 0 Å². The molecule has 0 aliphatic heterocycles. The molecule has 20 heavy (non-hydrogen) atoms. The maximum atomic E-state index is 13.0. The highest BCUT2D eigenvalue weighted by Crippen LogP contribution is 2.19. The third-order valence-corrected chi connectivity index (χ3v) is 3.78. The maximum absolute atomic E-state index is 13.0. The molecule has 1 unspecified atom stereocenters. The van der Waals surface area contributed by atoms with Gasteiger partial charge < -0.3 is 5.73 Å². The lowest BCUT2D eigenvalue weighted by Gasteiger charge is -2.14. The van der Waals surface area contributed by atoms with Crippen LogP contribution >= 0.6 is 11.6 Å². The summed E-state index contributed by atoms with van der Waals surface area (Å²) < 4.78 is 13.0. The van der Waals surface area contributed by atoms with E-state index in [2.05, 4.69) is 6.92 Å². The van der Waals surface area contributed by atoms with Crippen molar-refractivity contribution in [2.45, 2.75) is 45.4 Å². The van der Waals surface area contributed by atoms with Crippen LogP contribution in [0.15, 0.2) is 18.2 Å². The van der Waals surface area contributed by atoms with Gasteiger partial charge in [0.1, 0.15) is 11.6 Å². The molecule has 0 saturated carbocycles. The van der Waals surface area contributed by atoms with Crippen molar-refractivity contribution in [3.05, 3.63) is 34.6 Å². The SMILES string of the molecule is CCCC(CCN)CCC(=O)Cc1ccc(F)c(Cl)c1. The van der Waals surface area contributed by atoms with E-state index in [4.69, 9.17) is 17.3 Å². The summed E-state index contributed by atoms with van der Waals surface area (Å²) in [6, 6.07) is 4.44. The molecule has 1 aromatic rings. The van der Waals surface area contributed by atoms with E-state index in [0.717, 1.165) is 31.2 Å². The molecular formula is C16H23ClFNO. The number of carbonyl (C=O) groups is 1. The fourth-order valence-electron chi connectivity index (χ4n) is 2.41. The van der Waals surface area contributed by atoms with Crippen molar-refractivity contribution in [2.75, 3.05) is 6.54 Å². The smallest absolute Gasteiger partial charge is 0.141 e. The molecule has 0 radical (unpaired) electrons. The van der Waals surface area contributed by atoms with E-state index in [0.29, 0.717) is 25.3 Å². The van der Waals surface area contributed by atoms with Gasteiger partial charge in [-0.1, -0.05) is 37.4 Å². The lowest BCUT2D eigenvalue weighted by molar-refractivity contribution is -0.118. The van der Waals surface area contributed by atoms with E-state index in [1.807, 2.05) is 0 Å². The molecule has 1 atom stereocenters. The molecule has 1 aromatic carbocycles. The fraction of sp³-hybridized carbons (Fsp3) is 0.562. The number of carbonyl (C=O) groups excluding carboxylic acids is 1. The van der Waals surface area contributed by atoms with Crippen molar-refractivity contribution < 1.29 is 9.18 Å². The van der Waals surface area contributed by atoms with Crippen LogP contribution in [-0.2, 0) is 11.2 Å². The van der Waals surface area contributed by atoms with Gasteiger partial charge in [-0.15, -0.1) is 0 Å². The molecule has 2 N–H and O–H groups in total. The molecule has 0 aliphatic carbocycles. The summed E-state index contributed by atoms with van der Waals surface area (Å²) in [5, 5.41) is 0.0716. The number of benzene rings is 1. The summed E-state index contributed by atoms with van der Waals surface area (Å²) in [7, 11) is 0. The number of halogens is 2. The zero-order valence-corrected chi connectivity index (χ0v) is 12.8. The number of Topliss-reactive ketones (excluding diaryl/α,β-unsaturated/α-hetero) is 1. The average molecular weight is 300 g/mol. The Morgan fingerprint density at radius 3 is 2.70 bits per heavy atom. The molecular weight excluding hydrogens is 277 g/mol. The number of nitrogens with two attached hydrogens (primary N) is 1. The summed E-state index contributed by atoms with van der Waals surface area (Å²) in [6.07, 6.45) is 4.97. The summed E-state index contributed by atoms with van der Waals surface area (Å²) in [4.78, 5) is 12.0. The van der Waals surface area contributed by atoms with E-state index in [-0.39, 0.29) is 10.8 Å². The second kappa shape index (κ2) is 9.09. The minimum atomic E-state index is -0.450.